The molecule has 1 heterocycles. The van der Waals surface area contributed by atoms with Crippen molar-refractivity contribution in [1.82, 2.24) is 4.90 Å². The van der Waals surface area contributed by atoms with Gasteiger partial charge in [0.05, 0.1) is 0 Å². The van der Waals surface area contributed by atoms with E-state index < -0.39 is 0 Å². The Bertz CT molecular complexity index is 692. The second-order valence-electron chi connectivity index (χ2n) is 5.47. The summed E-state index contributed by atoms with van der Waals surface area (Å²) in [5.74, 6) is 0.500. The van der Waals surface area contributed by atoms with Gasteiger partial charge in [-0.15, -0.1) is 0 Å². The highest BCUT2D eigenvalue weighted by Gasteiger charge is 2.23. The molecule has 0 radical (unpaired) electrons. The second-order valence-corrected chi connectivity index (χ2v) is 7.19. The highest BCUT2D eigenvalue weighted by molar-refractivity contribution is 7.99. The lowest BCUT2D eigenvalue weighted by Gasteiger charge is -2.20. The molecule has 2 aromatic rings. The van der Waals surface area contributed by atoms with Gasteiger partial charge in [-0.1, -0.05) is 29.8 Å². The minimum absolute atomic E-state index is 0.0367. The molecular formula is C18H17ClFNOS. The van der Waals surface area contributed by atoms with Crippen molar-refractivity contribution in [1.29, 1.82) is 0 Å². The van der Waals surface area contributed by atoms with Gasteiger partial charge >= 0.3 is 0 Å². The van der Waals surface area contributed by atoms with Crippen LogP contribution in [0.5, 0.6) is 0 Å². The Labute approximate surface area is 144 Å². The van der Waals surface area contributed by atoms with E-state index in [1.165, 1.54) is 12.1 Å². The van der Waals surface area contributed by atoms with Crippen molar-refractivity contribution < 1.29 is 9.18 Å². The summed E-state index contributed by atoms with van der Waals surface area (Å²) >= 11 is 8.12. The number of carbonyl (C=O) groups is 1. The van der Waals surface area contributed by atoms with Gasteiger partial charge in [0, 0.05) is 34.7 Å². The summed E-state index contributed by atoms with van der Waals surface area (Å²) in [6, 6.07) is 13.6. The van der Waals surface area contributed by atoms with Crippen LogP contribution in [0.1, 0.15) is 27.6 Å². The van der Waals surface area contributed by atoms with Crippen molar-refractivity contribution in [3.8, 4) is 0 Å². The molecule has 0 bridgehead atoms. The average Bonchev–Trinajstić information content (AvgIpc) is 2.81. The fourth-order valence-electron chi connectivity index (χ4n) is 2.73. The number of rotatable bonds is 2. The number of hydrogen-bond acceptors (Lipinski definition) is 2. The number of amides is 1. The smallest absolute Gasteiger partial charge is 0.253 e. The highest BCUT2D eigenvalue weighted by atomic mass is 35.5. The normalized spacial score (nSPS) is 18.5. The minimum Gasteiger partial charge on any atom is -0.338 e. The van der Waals surface area contributed by atoms with Crippen LogP contribution in [0.4, 0.5) is 4.39 Å². The lowest BCUT2D eigenvalue weighted by atomic mass is 10.1. The molecule has 1 saturated heterocycles. The summed E-state index contributed by atoms with van der Waals surface area (Å²) in [4.78, 5) is 14.4. The Balaban J connectivity index is 1.70. The third kappa shape index (κ3) is 3.88. The van der Waals surface area contributed by atoms with Crippen LogP contribution in [0.3, 0.4) is 0 Å². The molecule has 120 valence electrons. The third-order valence-corrected chi connectivity index (χ3v) is 5.63. The molecule has 0 unspecified atom stereocenters. The molecule has 1 fully saturated rings. The van der Waals surface area contributed by atoms with Crippen LogP contribution in [-0.4, -0.2) is 29.6 Å². The molecule has 23 heavy (non-hydrogen) atoms. The summed E-state index contributed by atoms with van der Waals surface area (Å²) in [6.45, 7) is 1.38. The molecule has 2 aromatic carbocycles. The van der Waals surface area contributed by atoms with Crippen molar-refractivity contribution >= 4 is 29.3 Å². The topological polar surface area (TPSA) is 20.3 Å². The Morgan fingerprint density at radius 3 is 2.61 bits per heavy atom. The van der Waals surface area contributed by atoms with Gasteiger partial charge in [0.2, 0.25) is 0 Å². The summed E-state index contributed by atoms with van der Waals surface area (Å²) < 4.78 is 13.0. The van der Waals surface area contributed by atoms with E-state index in [1.807, 2.05) is 34.9 Å². The number of halogens is 2. The molecule has 3 rings (SSSR count). The molecular weight excluding hydrogens is 333 g/mol. The molecule has 0 N–H and O–H groups in total. The number of thioether (sulfide) groups is 1. The first-order valence-corrected chi connectivity index (χ1v) is 8.98. The monoisotopic (exact) mass is 349 g/mol. The van der Waals surface area contributed by atoms with Crippen LogP contribution >= 0.6 is 23.4 Å². The molecule has 1 aliphatic rings. The number of carbonyl (C=O) groups excluding carboxylic acids is 1. The van der Waals surface area contributed by atoms with E-state index in [0.717, 1.165) is 22.8 Å². The van der Waals surface area contributed by atoms with Gasteiger partial charge < -0.3 is 4.90 Å². The number of nitrogens with zero attached hydrogens (tertiary/aromatic N) is 1. The van der Waals surface area contributed by atoms with E-state index in [-0.39, 0.29) is 11.7 Å². The third-order valence-electron chi connectivity index (χ3n) is 3.97. The molecule has 1 amide bonds. The SMILES string of the molecule is O=C(c1ccc(F)cc1)N1CCS[C@@H](c2ccccc2Cl)CC1. The summed E-state index contributed by atoms with van der Waals surface area (Å²) in [6.07, 6.45) is 0.862. The molecule has 5 heteroatoms. The Kier molecular flexibility index (Phi) is 5.23. The van der Waals surface area contributed by atoms with Gasteiger partial charge in [-0.3, -0.25) is 4.79 Å². The summed E-state index contributed by atoms with van der Waals surface area (Å²) in [7, 11) is 0. The van der Waals surface area contributed by atoms with Gasteiger partial charge in [-0.2, -0.15) is 11.8 Å². The van der Waals surface area contributed by atoms with Crippen LogP contribution in [0, 0.1) is 5.82 Å². The predicted molar refractivity (Wildman–Crippen MR) is 93.6 cm³/mol. The van der Waals surface area contributed by atoms with Crippen LogP contribution in [0.15, 0.2) is 48.5 Å². The van der Waals surface area contributed by atoms with Gasteiger partial charge in [0.25, 0.3) is 5.91 Å². The molecule has 0 spiro atoms. The van der Waals surface area contributed by atoms with Crippen molar-refractivity contribution in [3.05, 3.63) is 70.5 Å². The van der Waals surface area contributed by atoms with Crippen LogP contribution < -0.4 is 0 Å². The Morgan fingerprint density at radius 1 is 1.13 bits per heavy atom. The Hall–Kier alpha value is -1.52. The quantitative estimate of drug-likeness (QED) is 0.776. The van der Waals surface area contributed by atoms with Gasteiger partial charge in [0.1, 0.15) is 5.82 Å². The standard InChI is InChI=1S/C18H17ClFNOS/c19-16-4-2-1-3-15(16)17-9-10-21(11-12-23-17)18(22)13-5-7-14(20)8-6-13/h1-8,17H,9-12H2/t17-/m1/s1. The van der Waals surface area contributed by atoms with Crippen LogP contribution in [-0.2, 0) is 0 Å². The van der Waals surface area contributed by atoms with E-state index in [2.05, 4.69) is 6.07 Å². The number of hydrogen-bond donors (Lipinski definition) is 0. The molecule has 0 aromatic heterocycles. The number of benzene rings is 2. The summed E-state index contributed by atoms with van der Waals surface area (Å²) in [5.41, 5.74) is 1.67. The van der Waals surface area contributed by atoms with E-state index in [1.54, 1.807) is 12.1 Å². The highest BCUT2D eigenvalue weighted by Crippen LogP contribution is 2.37. The lowest BCUT2D eigenvalue weighted by molar-refractivity contribution is 0.0766. The molecule has 2 nitrogen and oxygen atoms in total. The first-order chi connectivity index (χ1) is 11.1. The molecule has 0 aliphatic carbocycles. The maximum Gasteiger partial charge on any atom is 0.253 e. The van der Waals surface area contributed by atoms with Gasteiger partial charge in [-0.05, 0) is 42.3 Å². The zero-order valence-electron chi connectivity index (χ0n) is 12.5. The summed E-state index contributed by atoms with van der Waals surface area (Å²) in [5, 5.41) is 1.08. The molecule has 1 atom stereocenters. The minimum atomic E-state index is -0.327. The molecule has 0 saturated carbocycles. The zero-order valence-corrected chi connectivity index (χ0v) is 14.1. The zero-order chi connectivity index (χ0) is 16.2. The van der Waals surface area contributed by atoms with Crippen LogP contribution in [0.2, 0.25) is 5.02 Å². The van der Waals surface area contributed by atoms with Gasteiger partial charge in [0.15, 0.2) is 0 Å². The van der Waals surface area contributed by atoms with Crippen LogP contribution in [0.25, 0.3) is 0 Å². The second kappa shape index (κ2) is 7.37. The van der Waals surface area contributed by atoms with E-state index in [4.69, 9.17) is 11.6 Å². The predicted octanol–water partition coefficient (Wildman–Crippen LogP) is 4.80. The average molecular weight is 350 g/mol. The largest absolute Gasteiger partial charge is 0.338 e. The maximum atomic E-state index is 13.0. The fourth-order valence-corrected chi connectivity index (χ4v) is 4.33. The van der Waals surface area contributed by atoms with E-state index in [0.29, 0.717) is 23.9 Å². The van der Waals surface area contributed by atoms with E-state index in [9.17, 15) is 9.18 Å². The van der Waals surface area contributed by atoms with Crippen molar-refractivity contribution in [2.75, 3.05) is 18.8 Å². The maximum absolute atomic E-state index is 13.0. The van der Waals surface area contributed by atoms with Crippen molar-refractivity contribution in [2.24, 2.45) is 0 Å². The van der Waals surface area contributed by atoms with E-state index >= 15 is 0 Å². The molecule has 1 aliphatic heterocycles. The van der Waals surface area contributed by atoms with Crippen molar-refractivity contribution in [3.63, 3.8) is 0 Å². The fraction of sp³-hybridized carbons (Fsp3) is 0.278. The lowest BCUT2D eigenvalue weighted by Crippen LogP contribution is -2.32. The van der Waals surface area contributed by atoms with Crippen molar-refractivity contribution in [2.45, 2.75) is 11.7 Å². The van der Waals surface area contributed by atoms with Gasteiger partial charge in [-0.25, -0.2) is 4.39 Å². The Morgan fingerprint density at radius 2 is 1.87 bits per heavy atom. The first kappa shape index (κ1) is 16.3. The first-order valence-electron chi connectivity index (χ1n) is 7.56.